The average Bonchev–Trinajstić information content (AvgIpc) is 2.80. The molecule has 2 amide bonds. The first-order valence-electron chi connectivity index (χ1n) is 10.4. The number of anilines is 3. The second kappa shape index (κ2) is 10.4. The summed E-state index contributed by atoms with van der Waals surface area (Å²) >= 11 is 0. The second-order valence-corrected chi connectivity index (χ2v) is 7.63. The molecule has 176 valence electrons. The topological polar surface area (TPSA) is 140 Å². The van der Waals surface area contributed by atoms with Crippen LogP contribution in [0.25, 0.3) is 0 Å². The number of hydrogen-bond donors (Lipinski definition) is 4. The molecule has 3 aromatic carbocycles. The third-order valence-corrected chi connectivity index (χ3v) is 4.72. The Hall–Kier alpha value is -4.53. The summed E-state index contributed by atoms with van der Waals surface area (Å²) in [7, 11) is 1.43. The maximum absolute atomic E-state index is 12.9. The minimum Gasteiger partial charge on any atom is -0.495 e. The minimum atomic E-state index is -1.10. The monoisotopic (exact) mass is 463 g/mol. The van der Waals surface area contributed by atoms with Crippen molar-refractivity contribution in [3.63, 3.8) is 0 Å². The molecule has 0 fully saturated rings. The van der Waals surface area contributed by atoms with Gasteiger partial charge in [0.2, 0.25) is 0 Å². The Bertz CT molecular complexity index is 1220. The largest absolute Gasteiger partial charge is 0.495 e. The summed E-state index contributed by atoms with van der Waals surface area (Å²) in [5, 5.41) is 14.7. The van der Waals surface area contributed by atoms with Gasteiger partial charge in [0.05, 0.1) is 30.2 Å². The maximum Gasteiger partial charge on any atom is 0.335 e. The van der Waals surface area contributed by atoms with Gasteiger partial charge in [0.15, 0.2) is 0 Å². The highest BCUT2D eigenvalue weighted by molar-refractivity contribution is 6.08. The van der Waals surface area contributed by atoms with Crippen molar-refractivity contribution < 1.29 is 29.0 Å². The molecule has 0 radical (unpaired) electrons. The predicted octanol–water partition coefficient (Wildman–Crippen LogP) is 4.27. The molecule has 0 aliphatic heterocycles. The first-order chi connectivity index (χ1) is 16.2. The van der Waals surface area contributed by atoms with Crippen LogP contribution in [0.3, 0.4) is 0 Å². The molecule has 9 nitrogen and oxygen atoms in total. The van der Waals surface area contributed by atoms with Gasteiger partial charge in [0.25, 0.3) is 11.8 Å². The van der Waals surface area contributed by atoms with E-state index in [2.05, 4.69) is 10.6 Å². The Labute approximate surface area is 196 Å². The van der Waals surface area contributed by atoms with Crippen LogP contribution in [0, 0.1) is 0 Å². The van der Waals surface area contributed by atoms with Gasteiger partial charge in [-0.05, 0) is 74.5 Å². The molecule has 0 heterocycles. The second-order valence-electron chi connectivity index (χ2n) is 7.63. The number of ether oxygens (including phenoxy) is 2. The Morgan fingerprint density at radius 1 is 0.794 bits per heavy atom. The van der Waals surface area contributed by atoms with Crippen molar-refractivity contribution in [2.75, 3.05) is 23.5 Å². The fourth-order valence-electron chi connectivity index (χ4n) is 3.07. The fraction of sp³-hybridized carbons (Fsp3) is 0.160. The number of rotatable bonds is 8. The van der Waals surface area contributed by atoms with E-state index < -0.39 is 11.9 Å². The van der Waals surface area contributed by atoms with E-state index in [1.165, 1.54) is 37.4 Å². The van der Waals surface area contributed by atoms with E-state index in [0.717, 1.165) is 0 Å². The third-order valence-electron chi connectivity index (χ3n) is 4.72. The first-order valence-corrected chi connectivity index (χ1v) is 10.4. The van der Waals surface area contributed by atoms with Crippen LogP contribution < -0.4 is 25.8 Å². The highest BCUT2D eigenvalue weighted by Gasteiger charge is 2.17. The lowest BCUT2D eigenvalue weighted by Crippen LogP contribution is -2.16. The molecule has 5 N–H and O–H groups in total. The molecule has 0 saturated carbocycles. The molecule has 0 atom stereocenters. The van der Waals surface area contributed by atoms with E-state index in [9.17, 15) is 19.5 Å². The number of hydrogen-bond acceptors (Lipinski definition) is 6. The number of methoxy groups -OCH3 is 1. The van der Waals surface area contributed by atoms with Crippen molar-refractivity contribution in [2.24, 2.45) is 0 Å². The predicted molar refractivity (Wildman–Crippen MR) is 129 cm³/mol. The molecule has 0 aliphatic carbocycles. The van der Waals surface area contributed by atoms with Crippen molar-refractivity contribution in [3.05, 3.63) is 77.4 Å². The molecule has 34 heavy (non-hydrogen) atoms. The highest BCUT2D eigenvalue weighted by atomic mass is 16.5. The number of benzene rings is 3. The zero-order valence-electron chi connectivity index (χ0n) is 18.9. The van der Waals surface area contributed by atoms with Gasteiger partial charge in [-0.15, -0.1) is 0 Å². The molecule has 0 saturated heterocycles. The summed E-state index contributed by atoms with van der Waals surface area (Å²) in [6.45, 7) is 3.59. The van der Waals surface area contributed by atoms with Crippen molar-refractivity contribution in [2.45, 2.75) is 20.0 Å². The lowest BCUT2D eigenvalue weighted by Gasteiger charge is -2.16. The number of carboxylic acid groups (broad SMARTS) is 1. The van der Waals surface area contributed by atoms with Gasteiger partial charge >= 0.3 is 5.97 Å². The van der Waals surface area contributed by atoms with Gasteiger partial charge < -0.3 is 30.9 Å². The standard InChI is InChI=1S/C25H25N3O6/c1-14(2)34-22-13-17(25(31)32)7-11-20(22)28-24(30)16-6-10-19(21(12-16)33-3)27-23(29)15-4-8-18(26)9-5-15/h4-14H,26H2,1-3H3,(H,27,29)(H,28,30)(H,31,32). The summed E-state index contributed by atoms with van der Waals surface area (Å²) in [6, 6.07) is 15.2. The third kappa shape index (κ3) is 5.83. The van der Waals surface area contributed by atoms with Crippen LogP contribution in [0.15, 0.2) is 60.7 Å². The Morgan fingerprint density at radius 3 is 1.85 bits per heavy atom. The number of carbonyl (C=O) groups is 3. The van der Waals surface area contributed by atoms with Crippen LogP contribution in [-0.2, 0) is 0 Å². The van der Waals surface area contributed by atoms with Crippen LogP contribution in [0.1, 0.15) is 44.9 Å². The number of nitrogens with one attached hydrogen (secondary N) is 2. The summed E-state index contributed by atoms with van der Waals surface area (Å²) < 4.78 is 11.0. The summed E-state index contributed by atoms with van der Waals surface area (Å²) in [6.07, 6.45) is -0.233. The normalized spacial score (nSPS) is 10.5. The number of nitrogens with two attached hydrogens (primary N) is 1. The Balaban J connectivity index is 1.81. The molecule has 0 aromatic heterocycles. The quantitative estimate of drug-likeness (QED) is 0.366. The molecule has 9 heteroatoms. The number of carbonyl (C=O) groups excluding carboxylic acids is 2. The van der Waals surface area contributed by atoms with Gasteiger partial charge in [0.1, 0.15) is 11.5 Å². The highest BCUT2D eigenvalue weighted by Crippen LogP contribution is 2.30. The van der Waals surface area contributed by atoms with E-state index in [1.54, 1.807) is 44.2 Å². The zero-order chi connectivity index (χ0) is 24.8. The molecular weight excluding hydrogens is 438 g/mol. The van der Waals surface area contributed by atoms with Gasteiger partial charge in [-0.25, -0.2) is 4.79 Å². The molecule has 0 unspecified atom stereocenters. The fourth-order valence-corrected chi connectivity index (χ4v) is 3.07. The average molecular weight is 463 g/mol. The molecular formula is C25H25N3O6. The minimum absolute atomic E-state index is 0.0384. The summed E-state index contributed by atoms with van der Waals surface area (Å²) in [5.41, 5.74) is 7.63. The van der Waals surface area contributed by atoms with Crippen LogP contribution in [0.2, 0.25) is 0 Å². The van der Waals surface area contributed by atoms with E-state index in [1.807, 2.05) is 0 Å². The van der Waals surface area contributed by atoms with Crippen molar-refractivity contribution in [3.8, 4) is 11.5 Å². The van der Waals surface area contributed by atoms with Crippen molar-refractivity contribution in [1.29, 1.82) is 0 Å². The van der Waals surface area contributed by atoms with Crippen molar-refractivity contribution >= 4 is 34.8 Å². The van der Waals surface area contributed by atoms with Crippen LogP contribution in [0.5, 0.6) is 11.5 Å². The van der Waals surface area contributed by atoms with Gasteiger partial charge in [0, 0.05) is 16.8 Å². The Kier molecular flexibility index (Phi) is 7.37. The number of amides is 2. The number of aromatic carboxylic acids is 1. The number of carboxylic acids is 1. The molecule has 0 bridgehead atoms. The van der Waals surface area contributed by atoms with E-state index in [0.29, 0.717) is 22.6 Å². The van der Waals surface area contributed by atoms with Crippen LogP contribution >= 0.6 is 0 Å². The molecule has 0 spiro atoms. The number of nitrogen functional groups attached to an aromatic ring is 1. The lowest BCUT2D eigenvalue weighted by atomic mass is 10.1. The molecule has 3 rings (SSSR count). The van der Waals surface area contributed by atoms with E-state index >= 15 is 0 Å². The summed E-state index contributed by atoms with van der Waals surface area (Å²) in [5.74, 6) is -1.40. The van der Waals surface area contributed by atoms with E-state index in [-0.39, 0.29) is 34.6 Å². The zero-order valence-corrected chi connectivity index (χ0v) is 18.9. The van der Waals surface area contributed by atoms with Gasteiger partial charge in [-0.3, -0.25) is 9.59 Å². The van der Waals surface area contributed by atoms with Crippen LogP contribution in [0.4, 0.5) is 17.1 Å². The van der Waals surface area contributed by atoms with Crippen LogP contribution in [-0.4, -0.2) is 36.1 Å². The van der Waals surface area contributed by atoms with Gasteiger partial charge in [-0.1, -0.05) is 0 Å². The smallest absolute Gasteiger partial charge is 0.335 e. The van der Waals surface area contributed by atoms with Gasteiger partial charge in [-0.2, -0.15) is 0 Å². The Morgan fingerprint density at radius 2 is 1.29 bits per heavy atom. The molecule has 3 aromatic rings. The maximum atomic E-state index is 12.9. The molecule has 0 aliphatic rings. The SMILES string of the molecule is COc1cc(C(=O)Nc2ccc(C(=O)O)cc2OC(C)C)ccc1NC(=O)c1ccc(N)cc1. The first kappa shape index (κ1) is 24.1. The lowest BCUT2D eigenvalue weighted by molar-refractivity contribution is 0.0695. The summed E-state index contributed by atoms with van der Waals surface area (Å²) in [4.78, 5) is 36.7. The van der Waals surface area contributed by atoms with Crippen molar-refractivity contribution in [1.82, 2.24) is 0 Å². The van der Waals surface area contributed by atoms with E-state index in [4.69, 9.17) is 15.2 Å².